The van der Waals surface area contributed by atoms with Gasteiger partial charge in [0.15, 0.2) is 5.78 Å². The summed E-state index contributed by atoms with van der Waals surface area (Å²) in [6, 6.07) is 0. The van der Waals surface area contributed by atoms with Gasteiger partial charge in [0.1, 0.15) is 6.42 Å². The SMILES string of the molecule is CCCC1CCN(CC(=O)CC(=O)OCC)CC1. The van der Waals surface area contributed by atoms with E-state index in [0.717, 1.165) is 19.0 Å². The van der Waals surface area contributed by atoms with Crippen LogP contribution in [0.5, 0.6) is 0 Å². The Kier molecular flexibility index (Phi) is 6.94. The molecule has 0 spiro atoms. The van der Waals surface area contributed by atoms with E-state index in [9.17, 15) is 9.59 Å². The molecule has 4 heteroatoms. The van der Waals surface area contributed by atoms with Gasteiger partial charge in [-0.3, -0.25) is 14.5 Å². The van der Waals surface area contributed by atoms with Crippen molar-refractivity contribution in [1.29, 1.82) is 0 Å². The molecule has 4 nitrogen and oxygen atoms in total. The molecule has 18 heavy (non-hydrogen) atoms. The van der Waals surface area contributed by atoms with Gasteiger partial charge >= 0.3 is 5.97 Å². The molecule has 0 radical (unpaired) electrons. The van der Waals surface area contributed by atoms with E-state index in [2.05, 4.69) is 11.8 Å². The summed E-state index contributed by atoms with van der Waals surface area (Å²) in [7, 11) is 0. The van der Waals surface area contributed by atoms with Gasteiger partial charge in [-0.25, -0.2) is 0 Å². The minimum Gasteiger partial charge on any atom is -0.466 e. The van der Waals surface area contributed by atoms with E-state index in [0.29, 0.717) is 13.2 Å². The molecule has 0 aliphatic carbocycles. The van der Waals surface area contributed by atoms with E-state index in [-0.39, 0.29) is 12.2 Å². The highest BCUT2D eigenvalue weighted by molar-refractivity contribution is 5.96. The maximum atomic E-state index is 11.7. The Morgan fingerprint density at radius 3 is 2.44 bits per heavy atom. The number of hydrogen-bond donors (Lipinski definition) is 0. The summed E-state index contributed by atoms with van der Waals surface area (Å²) in [6.45, 7) is 6.68. The molecular formula is C14H25NO3. The fraction of sp³-hybridized carbons (Fsp3) is 0.857. The van der Waals surface area contributed by atoms with Gasteiger partial charge in [0.2, 0.25) is 0 Å². The Balaban J connectivity index is 2.20. The van der Waals surface area contributed by atoms with Gasteiger partial charge in [0.25, 0.3) is 0 Å². The number of Topliss-reactive ketones (excluding diaryl/α,β-unsaturated/α-hetero) is 1. The monoisotopic (exact) mass is 255 g/mol. The van der Waals surface area contributed by atoms with Gasteiger partial charge in [-0.15, -0.1) is 0 Å². The number of carbonyl (C=O) groups excluding carboxylic acids is 2. The number of likely N-dealkylation sites (tertiary alicyclic amines) is 1. The predicted octanol–water partition coefficient (Wildman–Crippen LogP) is 2.02. The van der Waals surface area contributed by atoms with Gasteiger partial charge in [-0.1, -0.05) is 19.8 Å². The molecule has 0 aromatic rings. The van der Waals surface area contributed by atoms with Crippen LogP contribution in [0.1, 0.15) is 46.0 Å². The van der Waals surface area contributed by atoms with Crippen LogP contribution in [-0.2, 0) is 14.3 Å². The average molecular weight is 255 g/mol. The highest BCUT2D eigenvalue weighted by Gasteiger charge is 2.21. The molecule has 0 aromatic carbocycles. The van der Waals surface area contributed by atoms with Crippen LogP contribution in [0.15, 0.2) is 0 Å². The molecule has 0 bridgehead atoms. The van der Waals surface area contributed by atoms with E-state index in [1.807, 2.05) is 0 Å². The molecule has 0 aromatic heterocycles. The summed E-state index contributed by atoms with van der Waals surface area (Å²) in [4.78, 5) is 25.0. The number of ether oxygens (including phenoxy) is 1. The van der Waals surface area contributed by atoms with Crippen LogP contribution < -0.4 is 0 Å². The van der Waals surface area contributed by atoms with Crippen molar-refractivity contribution in [2.75, 3.05) is 26.2 Å². The number of ketones is 1. The lowest BCUT2D eigenvalue weighted by atomic mass is 9.92. The number of rotatable bonds is 7. The molecule has 1 aliphatic heterocycles. The van der Waals surface area contributed by atoms with Crippen LogP contribution in [0.3, 0.4) is 0 Å². The van der Waals surface area contributed by atoms with Crippen molar-refractivity contribution in [3.05, 3.63) is 0 Å². The van der Waals surface area contributed by atoms with Crippen molar-refractivity contribution in [2.45, 2.75) is 46.0 Å². The highest BCUT2D eigenvalue weighted by Crippen LogP contribution is 2.21. The standard InChI is InChI=1S/C14H25NO3/c1-3-5-12-6-8-15(9-7-12)11-13(16)10-14(17)18-4-2/h12H,3-11H2,1-2H3. The molecule has 1 fully saturated rings. The summed E-state index contributed by atoms with van der Waals surface area (Å²) in [5.74, 6) is 0.400. The van der Waals surface area contributed by atoms with Crippen LogP contribution in [-0.4, -0.2) is 42.9 Å². The fourth-order valence-corrected chi connectivity index (χ4v) is 2.52. The first-order valence-electron chi connectivity index (χ1n) is 7.05. The van der Waals surface area contributed by atoms with Crippen molar-refractivity contribution in [2.24, 2.45) is 5.92 Å². The minimum absolute atomic E-state index is 0.0256. The molecule has 0 atom stereocenters. The summed E-state index contributed by atoms with van der Waals surface area (Å²) in [5, 5.41) is 0. The lowest BCUT2D eigenvalue weighted by Crippen LogP contribution is -2.37. The quantitative estimate of drug-likeness (QED) is 0.516. The van der Waals surface area contributed by atoms with Crippen molar-refractivity contribution in [1.82, 2.24) is 4.90 Å². The minimum atomic E-state index is -0.400. The van der Waals surface area contributed by atoms with Crippen molar-refractivity contribution < 1.29 is 14.3 Å². The topological polar surface area (TPSA) is 46.6 Å². The largest absolute Gasteiger partial charge is 0.466 e. The van der Waals surface area contributed by atoms with Crippen LogP contribution in [0.2, 0.25) is 0 Å². The molecule has 0 unspecified atom stereocenters. The number of nitrogens with zero attached hydrogens (tertiary/aromatic N) is 1. The van der Waals surface area contributed by atoms with Crippen LogP contribution in [0.25, 0.3) is 0 Å². The zero-order valence-electron chi connectivity index (χ0n) is 11.6. The predicted molar refractivity (Wildman–Crippen MR) is 70.3 cm³/mol. The van der Waals surface area contributed by atoms with Crippen LogP contribution >= 0.6 is 0 Å². The van der Waals surface area contributed by atoms with Gasteiger partial charge in [-0.2, -0.15) is 0 Å². The maximum Gasteiger partial charge on any atom is 0.313 e. The molecule has 1 aliphatic rings. The van der Waals surface area contributed by atoms with Gasteiger partial charge in [0, 0.05) is 0 Å². The van der Waals surface area contributed by atoms with Crippen LogP contribution in [0.4, 0.5) is 0 Å². The zero-order chi connectivity index (χ0) is 13.4. The lowest BCUT2D eigenvalue weighted by molar-refractivity contribution is -0.145. The van der Waals surface area contributed by atoms with Crippen molar-refractivity contribution in [3.8, 4) is 0 Å². The number of esters is 1. The molecule has 104 valence electrons. The first-order valence-corrected chi connectivity index (χ1v) is 7.05. The molecule has 0 N–H and O–H groups in total. The third kappa shape index (κ3) is 5.63. The number of carbonyl (C=O) groups is 2. The smallest absolute Gasteiger partial charge is 0.313 e. The Morgan fingerprint density at radius 2 is 1.89 bits per heavy atom. The average Bonchev–Trinajstić information content (AvgIpc) is 2.32. The van der Waals surface area contributed by atoms with Gasteiger partial charge in [0.05, 0.1) is 13.2 Å². The van der Waals surface area contributed by atoms with Crippen molar-refractivity contribution in [3.63, 3.8) is 0 Å². The Labute approximate surface area is 110 Å². The van der Waals surface area contributed by atoms with Crippen molar-refractivity contribution >= 4 is 11.8 Å². The zero-order valence-corrected chi connectivity index (χ0v) is 11.6. The summed E-state index contributed by atoms with van der Waals surface area (Å²) >= 11 is 0. The molecule has 1 saturated heterocycles. The third-order valence-electron chi connectivity index (χ3n) is 3.45. The second-order valence-corrected chi connectivity index (χ2v) is 5.03. The second kappa shape index (κ2) is 8.25. The van der Waals surface area contributed by atoms with E-state index in [1.54, 1.807) is 6.92 Å². The molecule has 1 rings (SSSR count). The first-order chi connectivity index (χ1) is 8.65. The normalized spacial score (nSPS) is 17.7. The summed E-state index contributed by atoms with van der Waals surface area (Å²) in [6.07, 6.45) is 4.82. The second-order valence-electron chi connectivity index (χ2n) is 5.03. The Bertz CT molecular complexity index is 270. The fourth-order valence-electron chi connectivity index (χ4n) is 2.52. The first kappa shape index (κ1) is 15.2. The molecule has 0 saturated carbocycles. The maximum absolute atomic E-state index is 11.7. The molecular weight excluding hydrogens is 230 g/mol. The number of piperidine rings is 1. The summed E-state index contributed by atoms with van der Waals surface area (Å²) in [5.41, 5.74) is 0. The van der Waals surface area contributed by atoms with E-state index in [1.165, 1.54) is 25.7 Å². The highest BCUT2D eigenvalue weighted by atomic mass is 16.5. The lowest BCUT2D eigenvalue weighted by Gasteiger charge is -2.31. The third-order valence-corrected chi connectivity index (χ3v) is 3.45. The van der Waals surface area contributed by atoms with E-state index >= 15 is 0 Å². The number of hydrogen-bond acceptors (Lipinski definition) is 4. The molecule has 0 amide bonds. The van der Waals surface area contributed by atoms with Crippen LogP contribution in [0, 0.1) is 5.92 Å². The Hall–Kier alpha value is -0.900. The van der Waals surface area contributed by atoms with E-state index in [4.69, 9.17) is 4.74 Å². The Morgan fingerprint density at radius 1 is 1.22 bits per heavy atom. The summed E-state index contributed by atoms with van der Waals surface area (Å²) < 4.78 is 4.77. The molecule has 1 heterocycles. The van der Waals surface area contributed by atoms with Gasteiger partial charge < -0.3 is 4.74 Å². The van der Waals surface area contributed by atoms with E-state index < -0.39 is 5.97 Å². The van der Waals surface area contributed by atoms with Gasteiger partial charge in [-0.05, 0) is 38.8 Å².